The maximum Gasteiger partial charge on any atom is 0.348 e. The SMILES string of the molecule is CCOC(=O)c1sc(NC(=O)C[n+]2c(N)sc3ccccc32)c(C(=O)OCC)c1C.Cl. The highest BCUT2D eigenvalue weighted by Gasteiger charge is 2.28. The molecule has 1 aromatic carbocycles. The lowest BCUT2D eigenvalue weighted by Crippen LogP contribution is -2.41. The summed E-state index contributed by atoms with van der Waals surface area (Å²) in [5.41, 5.74) is 7.50. The number of hydrogen-bond donors (Lipinski definition) is 2. The third kappa shape index (κ3) is 5.15. The van der Waals surface area contributed by atoms with Gasteiger partial charge in [0, 0.05) is 0 Å². The average molecular weight is 485 g/mol. The van der Waals surface area contributed by atoms with E-state index in [1.807, 2.05) is 24.3 Å². The molecule has 1 amide bonds. The first-order valence-electron chi connectivity index (χ1n) is 9.31. The Morgan fingerprint density at radius 3 is 2.39 bits per heavy atom. The van der Waals surface area contributed by atoms with Crippen molar-refractivity contribution in [1.82, 2.24) is 0 Å². The van der Waals surface area contributed by atoms with Crippen molar-refractivity contribution in [1.29, 1.82) is 0 Å². The van der Waals surface area contributed by atoms with Gasteiger partial charge in [-0.15, -0.1) is 23.7 Å². The fourth-order valence-corrected chi connectivity index (χ4v) is 5.00. The highest BCUT2D eigenvalue weighted by atomic mass is 35.5. The van der Waals surface area contributed by atoms with Gasteiger partial charge < -0.3 is 14.8 Å². The number of nitrogens with zero attached hydrogens (tertiary/aromatic N) is 1. The second-order valence-electron chi connectivity index (χ2n) is 6.24. The normalized spacial score (nSPS) is 10.4. The van der Waals surface area contributed by atoms with Gasteiger partial charge in [0.05, 0.1) is 23.5 Å². The number of rotatable bonds is 7. The zero-order chi connectivity index (χ0) is 21.8. The first-order valence-corrected chi connectivity index (χ1v) is 10.9. The molecule has 0 atom stereocenters. The van der Waals surface area contributed by atoms with E-state index in [-0.39, 0.29) is 53.5 Å². The van der Waals surface area contributed by atoms with Crippen LogP contribution in [-0.2, 0) is 20.8 Å². The molecule has 0 fully saturated rings. The smallest absolute Gasteiger partial charge is 0.348 e. The Kier molecular flexibility index (Phi) is 8.37. The molecule has 2 aromatic heterocycles. The minimum atomic E-state index is -0.606. The van der Waals surface area contributed by atoms with E-state index in [2.05, 4.69) is 5.32 Å². The van der Waals surface area contributed by atoms with Gasteiger partial charge in [0.15, 0.2) is 6.54 Å². The molecule has 0 saturated carbocycles. The summed E-state index contributed by atoms with van der Waals surface area (Å²) in [6.45, 7) is 5.35. The number of anilines is 2. The standard InChI is InChI=1S/C20H21N3O5S2.ClH/c1-4-27-18(25)15-11(3)16(19(26)28-5-2)30-17(15)22-14(24)10-23-12-8-6-7-9-13(12)29-20(23)21;/h6-9,21H,4-5,10H2,1-3H3,(H,22,24,25,26);1H/p+1. The number of hydrogen-bond acceptors (Lipinski definition) is 8. The van der Waals surface area contributed by atoms with E-state index in [4.69, 9.17) is 15.2 Å². The van der Waals surface area contributed by atoms with Gasteiger partial charge in [0.2, 0.25) is 0 Å². The average Bonchev–Trinajstić information content (AvgIpc) is 3.19. The number of thiazole rings is 1. The molecule has 3 N–H and O–H groups in total. The number of esters is 2. The van der Waals surface area contributed by atoms with Crippen LogP contribution >= 0.6 is 35.1 Å². The number of carbonyl (C=O) groups excluding carboxylic acids is 3. The predicted molar refractivity (Wildman–Crippen MR) is 123 cm³/mol. The van der Waals surface area contributed by atoms with Crippen molar-refractivity contribution < 1.29 is 28.4 Å². The quantitative estimate of drug-likeness (QED) is 0.392. The van der Waals surface area contributed by atoms with Crippen molar-refractivity contribution in [2.24, 2.45) is 0 Å². The predicted octanol–water partition coefficient (Wildman–Crippen LogP) is 3.55. The molecule has 2 heterocycles. The van der Waals surface area contributed by atoms with Gasteiger partial charge in [-0.3, -0.25) is 10.5 Å². The number of amides is 1. The summed E-state index contributed by atoms with van der Waals surface area (Å²) in [6.07, 6.45) is 0. The fraction of sp³-hybridized carbons (Fsp3) is 0.300. The van der Waals surface area contributed by atoms with Crippen molar-refractivity contribution >= 4 is 73.3 Å². The van der Waals surface area contributed by atoms with Crippen LogP contribution in [0.2, 0.25) is 0 Å². The van der Waals surface area contributed by atoms with E-state index >= 15 is 0 Å². The van der Waals surface area contributed by atoms with Crippen molar-refractivity contribution in [2.75, 3.05) is 24.3 Å². The van der Waals surface area contributed by atoms with Gasteiger partial charge >= 0.3 is 17.1 Å². The maximum atomic E-state index is 12.8. The number of halogens is 1. The molecular weight excluding hydrogens is 462 g/mol. The van der Waals surface area contributed by atoms with Crippen LogP contribution in [0.15, 0.2) is 24.3 Å². The molecule has 0 saturated heterocycles. The van der Waals surface area contributed by atoms with Crippen LogP contribution in [0.5, 0.6) is 0 Å². The molecule has 11 heteroatoms. The van der Waals surface area contributed by atoms with Crippen LogP contribution in [0, 0.1) is 6.92 Å². The van der Waals surface area contributed by atoms with E-state index < -0.39 is 11.9 Å². The zero-order valence-corrected chi connectivity index (χ0v) is 19.7. The number of nitrogen functional groups attached to an aromatic ring is 1. The van der Waals surface area contributed by atoms with Crippen LogP contribution in [0.3, 0.4) is 0 Å². The minimum Gasteiger partial charge on any atom is -0.462 e. The van der Waals surface area contributed by atoms with E-state index in [0.29, 0.717) is 10.7 Å². The molecule has 8 nitrogen and oxygen atoms in total. The summed E-state index contributed by atoms with van der Waals surface area (Å²) >= 11 is 2.38. The molecule has 0 aliphatic heterocycles. The molecule has 0 bridgehead atoms. The first kappa shape index (κ1) is 24.6. The van der Waals surface area contributed by atoms with Crippen LogP contribution in [0.4, 0.5) is 10.1 Å². The Labute approximate surface area is 193 Å². The molecule has 3 rings (SSSR count). The molecular formula is C20H23ClN3O5S2+. The summed E-state index contributed by atoms with van der Waals surface area (Å²) in [4.78, 5) is 37.7. The topological polar surface area (TPSA) is 112 Å². The van der Waals surface area contributed by atoms with Crippen LogP contribution in [0.25, 0.3) is 10.2 Å². The number of para-hydroxylation sites is 1. The lowest BCUT2D eigenvalue weighted by Gasteiger charge is -2.07. The number of fused-ring (bicyclic) bond motifs is 1. The fourth-order valence-electron chi connectivity index (χ4n) is 2.97. The Morgan fingerprint density at radius 2 is 1.71 bits per heavy atom. The number of nitrogens with one attached hydrogen (secondary N) is 1. The molecule has 0 aliphatic rings. The minimum absolute atomic E-state index is 0. The Hall–Kier alpha value is -2.69. The number of benzene rings is 1. The van der Waals surface area contributed by atoms with Crippen LogP contribution in [0.1, 0.15) is 39.4 Å². The molecule has 0 unspecified atom stereocenters. The summed E-state index contributed by atoms with van der Waals surface area (Å²) < 4.78 is 12.8. The van der Waals surface area contributed by atoms with Gasteiger partial charge in [0.1, 0.15) is 15.4 Å². The monoisotopic (exact) mass is 484 g/mol. The Morgan fingerprint density at radius 1 is 1.06 bits per heavy atom. The molecule has 166 valence electrons. The maximum absolute atomic E-state index is 12.8. The Balaban J connectivity index is 0.00000341. The molecule has 0 aliphatic carbocycles. The van der Waals surface area contributed by atoms with E-state index in [9.17, 15) is 14.4 Å². The van der Waals surface area contributed by atoms with Gasteiger partial charge in [-0.25, -0.2) is 14.2 Å². The number of nitrogens with two attached hydrogens (primary N) is 1. The van der Waals surface area contributed by atoms with Crippen LogP contribution in [-0.4, -0.2) is 31.1 Å². The number of ether oxygens (including phenoxy) is 2. The highest BCUT2D eigenvalue weighted by molar-refractivity contribution is 7.21. The molecule has 0 spiro atoms. The van der Waals surface area contributed by atoms with Gasteiger partial charge in [-0.05, 0) is 49.8 Å². The van der Waals surface area contributed by atoms with Gasteiger partial charge in [-0.2, -0.15) is 0 Å². The second-order valence-corrected chi connectivity index (χ2v) is 8.33. The van der Waals surface area contributed by atoms with Crippen molar-refractivity contribution in [3.63, 3.8) is 0 Å². The molecule has 3 aromatic rings. The number of thiophene rings is 1. The lowest BCUT2D eigenvalue weighted by atomic mass is 10.1. The molecule has 31 heavy (non-hydrogen) atoms. The largest absolute Gasteiger partial charge is 0.462 e. The third-order valence-electron chi connectivity index (χ3n) is 4.28. The van der Waals surface area contributed by atoms with Crippen molar-refractivity contribution in [3.8, 4) is 0 Å². The van der Waals surface area contributed by atoms with Crippen molar-refractivity contribution in [2.45, 2.75) is 27.3 Å². The zero-order valence-electron chi connectivity index (χ0n) is 17.2. The van der Waals surface area contributed by atoms with E-state index in [1.54, 1.807) is 25.3 Å². The summed E-state index contributed by atoms with van der Waals surface area (Å²) in [5.74, 6) is -1.53. The van der Waals surface area contributed by atoms with Crippen molar-refractivity contribution in [3.05, 3.63) is 40.3 Å². The number of aromatic nitrogens is 1. The van der Waals surface area contributed by atoms with Gasteiger partial charge in [0.25, 0.3) is 5.91 Å². The van der Waals surface area contributed by atoms with Gasteiger partial charge in [-0.1, -0.05) is 12.1 Å². The molecule has 0 radical (unpaired) electrons. The van der Waals surface area contributed by atoms with Crippen LogP contribution < -0.4 is 15.6 Å². The highest BCUT2D eigenvalue weighted by Crippen LogP contribution is 2.34. The Bertz CT molecular complexity index is 1130. The summed E-state index contributed by atoms with van der Waals surface area (Å²) in [7, 11) is 0. The number of carbonyl (C=O) groups is 3. The summed E-state index contributed by atoms with van der Waals surface area (Å²) in [6, 6.07) is 7.58. The third-order valence-corrected chi connectivity index (χ3v) is 6.46. The van der Waals surface area contributed by atoms with E-state index in [1.165, 1.54) is 11.3 Å². The first-order chi connectivity index (χ1) is 14.4. The second kappa shape index (κ2) is 10.6. The lowest BCUT2D eigenvalue weighted by molar-refractivity contribution is -0.639. The summed E-state index contributed by atoms with van der Waals surface area (Å²) in [5, 5.41) is 3.48. The van der Waals surface area contributed by atoms with E-state index in [0.717, 1.165) is 21.6 Å².